The van der Waals surface area contributed by atoms with Crippen LogP contribution in [0.25, 0.3) is 0 Å². The van der Waals surface area contributed by atoms with E-state index in [4.69, 9.17) is 11.6 Å². The third kappa shape index (κ3) is 4.15. The summed E-state index contributed by atoms with van der Waals surface area (Å²) in [6, 6.07) is 5.66. The molecule has 27 heavy (non-hydrogen) atoms. The molecule has 0 aliphatic rings. The van der Waals surface area contributed by atoms with Crippen LogP contribution in [0.1, 0.15) is 30.5 Å². The fourth-order valence-corrected chi connectivity index (χ4v) is 2.73. The van der Waals surface area contributed by atoms with E-state index in [9.17, 15) is 25.3 Å². The third-order valence-electron chi connectivity index (χ3n) is 3.87. The van der Waals surface area contributed by atoms with Gasteiger partial charge in [-0.15, -0.1) is 0 Å². The van der Waals surface area contributed by atoms with Crippen molar-refractivity contribution in [1.29, 1.82) is 5.26 Å². The van der Waals surface area contributed by atoms with Gasteiger partial charge in [0.15, 0.2) is 0 Å². The second-order valence-electron chi connectivity index (χ2n) is 6.31. The van der Waals surface area contributed by atoms with Crippen molar-refractivity contribution in [2.75, 3.05) is 0 Å². The van der Waals surface area contributed by atoms with E-state index in [1.807, 2.05) is 19.9 Å². The first-order valence-electron chi connectivity index (χ1n) is 8.01. The second-order valence-corrected chi connectivity index (χ2v) is 6.72. The van der Waals surface area contributed by atoms with Crippen molar-refractivity contribution < 1.29 is 10.0 Å². The Morgan fingerprint density at radius 2 is 2.15 bits per heavy atom. The van der Waals surface area contributed by atoms with Gasteiger partial charge in [0.25, 0.3) is 11.2 Å². The number of aliphatic imine (C=N–C) groups is 1. The summed E-state index contributed by atoms with van der Waals surface area (Å²) in [5.41, 5.74) is -0.0594. The minimum absolute atomic E-state index is 0.0635. The highest BCUT2D eigenvalue weighted by Gasteiger charge is 2.18. The Balaban J connectivity index is 2.59. The van der Waals surface area contributed by atoms with E-state index in [1.54, 1.807) is 0 Å². The number of non-ortho nitro benzene ring substituents is 1. The number of benzene rings is 1. The molecule has 1 N–H and O–H groups in total. The van der Waals surface area contributed by atoms with Gasteiger partial charge in [-0.2, -0.15) is 5.26 Å². The van der Waals surface area contributed by atoms with Crippen molar-refractivity contribution in [2.24, 2.45) is 10.9 Å². The Labute approximate surface area is 160 Å². The number of nitrogens with zero attached hydrogens (tertiary/aromatic N) is 4. The maximum atomic E-state index is 12.4. The maximum Gasteiger partial charge on any atom is 0.271 e. The molecule has 0 saturated carbocycles. The highest BCUT2D eigenvalue weighted by atomic mass is 35.5. The highest BCUT2D eigenvalue weighted by Crippen LogP contribution is 2.29. The van der Waals surface area contributed by atoms with Crippen molar-refractivity contribution in [1.82, 2.24) is 4.57 Å². The Hall–Kier alpha value is -3.18. The predicted octanol–water partition coefficient (Wildman–Crippen LogP) is 3.70. The predicted molar refractivity (Wildman–Crippen MR) is 102 cm³/mol. The molecule has 1 aromatic heterocycles. The number of nitro benzene ring substituents is 1. The Morgan fingerprint density at radius 1 is 1.48 bits per heavy atom. The monoisotopic (exact) mass is 388 g/mol. The third-order valence-corrected chi connectivity index (χ3v) is 4.17. The molecule has 0 spiro atoms. The molecule has 9 heteroatoms. The van der Waals surface area contributed by atoms with Crippen molar-refractivity contribution in [3.05, 3.63) is 60.4 Å². The van der Waals surface area contributed by atoms with E-state index in [0.717, 1.165) is 4.57 Å². The molecular weight excluding hydrogens is 372 g/mol. The van der Waals surface area contributed by atoms with Crippen LogP contribution in [0.2, 0.25) is 5.02 Å². The number of hydrogen-bond acceptors (Lipinski definition) is 6. The lowest BCUT2D eigenvalue weighted by atomic mass is 10.1. The fraction of sp³-hybridized carbons (Fsp3) is 0.278. The highest BCUT2D eigenvalue weighted by molar-refractivity contribution is 6.33. The number of halogens is 1. The van der Waals surface area contributed by atoms with Gasteiger partial charge >= 0.3 is 0 Å². The van der Waals surface area contributed by atoms with Gasteiger partial charge in [-0.3, -0.25) is 24.5 Å². The first-order valence-corrected chi connectivity index (χ1v) is 8.39. The zero-order valence-corrected chi connectivity index (χ0v) is 15.7. The smallest absolute Gasteiger partial charge is 0.271 e. The molecule has 2 rings (SSSR count). The molecule has 0 aliphatic heterocycles. The molecule has 0 saturated heterocycles. The standard InChI is InChI=1S/C18H17ClN4O4/c1-10(2)9-22-17(24)13(7-20)11(3)14(18(22)25)8-21-16-5-4-12(23(26)27)6-15(16)19/h4-6,8,10,25H,9H2,1-3H3. The number of aromatic hydroxyl groups is 1. The lowest BCUT2D eigenvalue weighted by Gasteiger charge is -2.15. The second kappa shape index (κ2) is 8.01. The van der Waals surface area contributed by atoms with Crippen LogP contribution in [0.4, 0.5) is 11.4 Å². The average Bonchev–Trinajstić information content (AvgIpc) is 2.59. The quantitative estimate of drug-likeness (QED) is 0.475. The Bertz CT molecular complexity index is 1040. The van der Waals surface area contributed by atoms with Gasteiger partial charge in [0.05, 0.1) is 21.2 Å². The number of aromatic nitrogens is 1. The van der Waals surface area contributed by atoms with Crippen molar-refractivity contribution in [3.63, 3.8) is 0 Å². The zero-order valence-electron chi connectivity index (χ0n) is 14.9. The molecule has 0 radical (unpaired) electrons. The lowest BCUT2D eigenvalue weighted by Crippen LogP contribution is -2.27. The molecular formula is C18H17ClN4O4. The molecule has 0 aliphatic carbocycles. The molecule has 1 heterocycles. The van der Waals surface area contributed by atoms with Gasteiger partial charge in [-0.05, 0) is 24.5 Å². The van der Waals surface area contributed by atoms with Crippen LogP contribution in [0.3, 0.4) is 0 Å². The van der Waals surface area contributed by atoms with Crippen LogP contribution in [0.15, 0.2) is 28.0 Å². The summed E-state index contributed by atoms with van der Waals surface area (Å²) in [6.45, 7) is 5.53. The molecule has 0 amide bonds. The Morgan fingerprint density at radius 3 is 2.67 bits per heavy atom. The molecule has 0 unspecified atom stereocenters. The van der Waals surface area contributed by atoms with Crippen LogP contribution in [-0.4, -0.2) is 20.8 Å². The van der Waals surface area contributed by atoms with Gasteiger partial charge in [0, 0.05) is 24.9 Å². The van der Waals surface area contributed by atoms with E-state index in [-0.39, 0.29) is 45.9 Å². The molecule has 8 nitrogen and oxygen atoms in total. The van der Waals surface area contributed by atoms with Crippen LogP contribution in [0.5, 0.6) is 5.88 Å². The summed E-state index contributed by atoms with van der Waals surface area (Å²) in [5, 5.41) is 30.7. The van der Waals surface area contributed by atoms with Crippen LogP contribution < -0.4 is 5.56 Å². The SMILES string of the molecule is Cc1c(C=Nc2ccc([N+](=O)[O-])cc2Cl)c(O)n(CC(C)C)c(=O)c1C#N. The molecule has 0 atom stereocenters. The number of nitro groups is 1. The van der Waals surface area contributed by atoms with E-state index in [0.29, 0.717) is 5.56 Å². The van der Waals surface area contributed by atoms with Crippen molar-refractivity contribution in [3.8, 4) is 11.9 Å². The first kappa shape index (κ1) is 20.1. The van der Waals surface area contributed by atoms with E-state index in [2.05, 4.69) is 4.99 Å². The lowest BCUT2D eigenvalue weighted by molar-refractivity contribution is -0.384. The maximum absolute atomic E-state index is 12.4. The molecule has 0 bridgehead atoms. The Kier molecular flexibility index (Phi) is 5.98. The normalized spacial score (nSPS) is 11.1. The summed E-state index contributed by atoms with van der Waals surface area (Å²) >= 11 is 6.01. The first-order chi connectivity index (χ1) is 12.7. The van der Waals surface area contributed by atoms with E-state index in [1.165, 1.54) is 31.3 Å². The van der Waals surface area contributed by atoms with E-state index >= 15 is 0 Å². The summed E-state index contributed by atoms with van der Waals surface area (Å²) < 4.78 is 1.13. The number of nitriles is 1. The average molecular weight is 389 g/mol. The van der Waals surface area contributed by atoms with Gasteiger partial charge < -0.3 is 5.11 Å². The van der Waals surface area contributed by atoms with Gasteiger partial charge in [-0.25, -0.2) is 0 Å². The molecule has 0 fully saturated rings. The van der Waals surface area contributed by atoms with Gasteiger partial charge in [-0.1, -0.05) is 25.4 Å². The zero-order chi connectivity index (χ0) is 20.3. The van der Waals surface area contributed by atoms with Crippen LogP contribution >= 0.6 is 11.6 Å². The van der Waals surface area contributed by atoms with Crippen LogP contribution in [0, 0.1) is 34.3 Å². The summed E-state index contributed by atoms with van der Waals surface area (Å²) in [4.78, 5) is 26.8. The topological polar surface area (TPSA) is 122 Å². The summed E-state index contributed by atoms with van der Waals surface area (Å²) in [7, 11) is 0. The number of hydrogen-bond donors (Lipinski definition) is 1. The van der Waals surface area contributed by atoms with Gasteiger partial charge in [0.1, 0.15) is 11.6 Å². The van der Waals surface area contributed by atoms with Crippen LogP contribution in [-0.2, 0) is 6.54 Å². The van der Waals surface area contributed by atoms with Gasteiger partial charge in [0.2, 0.25) is 5.88 Å². The summed E-state index contributed by atoms with van der Waals surface area (Å²) in [5.74, 6) is -0.233. The molecule has 2 aromatic rings. The minimum Gasteiger partial charge on any atom is -0.494 e. The summed E-state index contributed by atoms with van der Waals surface area (Å²) in [6.07, 6.45) is 1.29. The molecule has 1 aromatic carbocycles. The fourth-order valence-electron chi connectivity index (χ4n) is 2.51. The largest absolute Gasteiger partial charge is 0.494 e. The molecule has 140 valence electrons. The van der Waals surface area contributed by atoms with E-state index < -0.39 is 10.5 Å². The van der Waals surface area contributed by atoms with Crippen molar-refractivity contribution >= 4 is 29.2 Å². The number of pyridine rings is 1. The van der Waals surface area contributed by atoms with Crippen molar-refractivity contribution in [2.45, 2.75) is 27.3 Å². The minimum atomic E-state index is -0.573. The number of rotatable bonds is 5.